The number of hydrogen-bond acceptors (Lipinski definition) is 4. The number of aromatic nitrogens is 1. The van der Waals surface area contributed by atoms with Gasteiger partial charge in [0.25, 0.3) is 5.56 Å². The molecular formula is C14H17N5O2. The van der Waals surface area contributed by atoms with Crippen molar-refractivity contribution in [3.8, 4) is 6.07 Å². The Morgan fingerprint density at radius 2 is 2.48 bits per heavy atom. The van der Waals surface area contributed by atoms with E-state index in [9.17, 15) is 9.59 Å². The molecule has 7 nitrogen and oxygen atoms in total. The summed E-state index contributed by atoms with van der Waals surface area (Å²) < 4.78 is 0. The summed E-state index contributed by atoms with van der Waals surface area (Å²) in [6, 6.07) is 3.08. The number of nitrogens with zero attached hydrogens (tertiary/aromatic N) is 3. The molecule has 0 bridgehead atoms. The molecular weight excluding hydrogens is 270 g/mol. The maximum Gasteiger partial charge on any atom is 0.251 e. The first kappa shape index (κ1) is 14.8. The number of H-pyrrole nitrogens is 1. The molecule has 0 fully saturated rings. The molecule has 21 heavy (non-hydrogen) atoms. The van der Waals surface area contributed by atoms with Gasteiger partial charge in [0.2, 0.25) is 5.91 Å². The van der Waals surface area contributed by atoms with Crippen molar-refractivity contribution in [3.63, 3.8) is 0 Å². The number of amides is 1. The Labute approximate surface area is 122 Å². The Morgan fingerprint density at radius 3 is 3.10 bits per heavy atom. The largest absolute Gasteiger partial charge is 0.390 e. The van der Waals surface area contributed by atoms with Crippen molar-refractivity contribution in [1.82, 2.24) is 9.88 Å². The summed E-state index contributed by atoms with van der Waals surface area (Å²) in [4.78, 5) is 31.9. The molecule has 7 heteroatoms. The van der Waals surface area contributed by atoms with E-state index in [1.165, 1.54) is 6.92 Å². The van der Waals surface area contributed by atoms with Gasteiger partial charge >= 0.3 is 0 Å². The van der Waals surface area contributed by atoms with Crippen LogP contribution in [0.5, 0.6) is 0 Å². The van der Waals surface area contributed by atoms with Crippen LogP contribution in [0, 0.1) is 11.3 Å². The standard InChI is InChI=1S/C14H17N5O2/c1-9(20)19-3-2-13-11(7-19)4-10(14(21)18-13)5-12(6-15)17-8-16/h4,8,12H,2-3,5,7H2,1H3,(H2,16,17)(H,18,21). The number of aromatic amines is 1. The molecule has 2 rings (SSSR count). The molecule has 3 N–H and O–H groups in total. The third-order valence-electron chi connectivity index (χ3n) is 3.56. The molecule has 1 aliphatic rings. The van der Waals surface area contributed by atoms with Crippen LogP contribution in [-0.2, 0) is 24.2 Å². The summed E-state index contributed by atoms with van der Waals surface area (Å²) in [6.07, 6.45) is 1.90. The third-order valence-corrected chi connectivity index (χ3v) is 3.56. The smallest absolute Gasteiger partial charge is 0.251 e. The second kappa shape index (κ2) is 6.22. The van der Waals surface area contributed by atoms with Gasteiger partial charge in [-0.3, -0.25) is 14.6 Å². The van der Waals surface area contributed by atoms with Crippen LogP contribution in [0.2, 0.25) is 0 Å². The quantitative estimate of drug-likeness (QED) is 0.586. The first-order valence-electron chi connectivity index (χ1n) is 6.67. The highest BCUT2D eigenvalue weighted by Crippen LogP contribution is 2.17. The average molecular weight is 287 g/mol. The number of nitrogens with two attached hydrogens (primary N) is 1. The zero-order valence-electron chi connectivity index (χ0n) is 11.8. The van der Waals surface area contributed by atoms with Crippen LogP contribution in [-0.4, -0.2) is 34.7 Å². The summed E-state index contributed by atoms with van der Waals surface area (Å²) in [6.45, 7) is 2.61. The first-order chi connectivity index (χ1) is 10.0. The van der Waals surface area contributed by atoms with Crippen molar-refractivity contribution in [2.75, 3.05) is 6.54 Å². The topological polar surface area (TPSA) is 115 Å². The van der Waals surface area contributed by atoms with Gasteiger partial charge in [-0.15, -0.1) is 0 Å². The number of pyridine rings is 1. The van der Waals surface area contributed by atoms with Crippen molar-refractivity contribution in [2.45, 2.75) is 32.4 Å². The molecule has 1 unspecified atom stereocenters. The first-order valence-corrected chi connectivity index (χ1v) is 6.67. The van der Waals surface area contributed by atoms with Gasteiger partial charge in [0.05, 0.1) is 12.4 Å². The minimum atomic E-state index is -0.679. The second-order valence-electron chi connectivity index (χ2n) is 4.97. The third kappa shape index (κ3) is 3.28. The fourth-order valence-electron chi connectivity index (χ4n) is 2.42. The highest BCUT2D eigenvalue weighted by molar-refractivity contribution is 5.73. The van der Waals surface area contributed by atoms with Crippen LogP contribution in [0.25, 0.3) is 0 Å². The molecule has 2 heterocycles. The number of aliphatic imine (C=N–C) groups is 1. The van der Waals surface area contributed by atoms with Crippen molar-refractivity contribution in [1.29, 1.82) is 5.26 Å². The van der Waals surface area contributed by atoms with Gasteiger partial charge < -0.3 is 15.6 Å². The molecule has 1 atom stereocenters. The van der Waals surface area contributed by atoms with Crippen LogP contribution in [0.4, 0.5) is 0 Å². The van der Waals surface area contributed by atoms with Gasteiger partial charge in [0.15, 0.2) is 0 Å². The number of carbonyl (C=O) groups excluding carboxylic acids is 1. The van der Waals surface area contributed by atoms with E-state index in [-0.39, 0.29) is 17.9 Å². The Kier molecular flexibility index (Phi) is 4.38. The van der Waals surface area contributed by atoms with Gasteiger partial charge in [-0.25, -0.2) is 0 Å². The normalized spacial score (nSPS) is 15.5. The summed E-state index contributed by atoms with van der Waals surface area (Å²) >= 11 is 0. The minimum Gasteiger partial charge on any atom is -0.390 e. The van der Waals surface area contributed by atoms with Gasteiger partial charge in [-0.1, -0.05) is 0 Å². The fraction of sp³-hybridized carbons (Fsp3) is 0.429. The SMILES string of the molecule is CC(=O)N1CCc2[nH]c(=O)c(CC(C#N)N=CN)cc2C1. The summed E-state index contributed by atoms with van der Waals surface area (Å²) in [5.74, 6) is 0.0102. The Morgan fingerprint density at radius 1 is 1.71 bits per heavy atom. The Balaban J connectivity index is 2.29. The molecule has 110 valence electrons. The molecule has 0 aliphatic carbocycles. The lowest BCUT2D eigenvalue weighted by molar-refractivity contribution is -0.129. The molecule has 1 amide bonds. The molecule has 0 saturated carbocycles. The highest BCUT2D eigenvalue weighted by atomic mass is 16.2. The van der Waals surface area contributed by atoms with E-state index in [1.807, 2.05) is 6.07 Å². The molecule has 1 aliphatic heterocycles. The van der Waals surface area contributed by atoms with Gasteiger partial charge in [-0.2, -0.15) is 5.26 Å². The summed E-state index contributed by atoms with van der Waals surface area (Å²) in [5, 5.41) is 8.98. The zero-order chi connectivity index (χ0) is 15.4. The minimum absolute atomic E-state index is 0.0102. The highest BCUT2D eigenvalue weighted by Gasteiger charge is 2.20. The molecule has 1 aromatic heterocycles. The Hall–Kier alpha value is -2.62. The van der Waals surface area contributed by atoms with E-state index in [2.05, 4.69) is 9.98 Å². The average Bonchev–Trinajstić information content (AvgIpc) is 2.46. The fourth-order valence-corrected chi connectivity index (χ4v) is 2.42. The van der Waals surface area contributed by atoms with Crippen molar-refractivity contribution in [3.05, 3.63) is 33.2 Å². The van der Waals surface area contributed by atoms with Crippen LogP contribution in [0.15, 0.2) is 15.9 Å². The molecule has 1 aromatic rings. The molecule has 0 saturated heterocycles. The number of rotatable bonds is 3. The monoisotopic (exact) mass is 287 g/mol. The lowest BCUT2D eigenvalue weighted by Crippen LogP contribution is -2.36. The van der Waals surface area contributed by atoms with Crippen molar-refractivity contribution in [2.24, 2.45) is 10.7 Å². The van der Waals surface area contributed by atoms with E-state index in [0.29, 0.717) is 25.1 Å². The van der Waals surface area contributed by atoms with Crippen LogP contribution < -0.4 is 11.3 Å². The maximum atomic E-state index is 12.0. The lowest BCUT2D eigenvalue weighted by atomic mass is 10.0. The van der Waals surface area contributed by atoms with Crippen LogP contribution >= 0.6 is 0 Å². The van der Waals surface area contributed by atoms with Crippen LogP contribution in [0.1, 0.15) is 23.7 Å². The number of carbonyl (C=O) groups is 1. The van der Waals surface area contributed by atoms with E-state index < -0.39 is 6.04 Å². The Bertz CT molecular complexity index is 671. The molecule has 0 radical (unpaired) electrons. The van der Waals surface area contributed by atoms with Gasteiger partial charge in [0.1, 0.15) is 6.04 Å². The number of fused-ring (bicyclic) bond motifs is 1. The zero-order valence-corrected chi connectivity index (χ0v) is 11.8. The summed E-state index contributed by atoms with van der Waals surface area (Å²) in [5.41, 5.74) is 7.23. The molecule has 0 aromatic carbocycles. The van der Waals surface area contributed by atoms with E-state index in [4.69, 9.17) is 11.0 Å². The van der Waals surface area contributed by atoms with Gasteiger partial charge in [0, 0.05) is 44.1 Å². The maximum absolute atomic E-state index is 12.0. The molecule has 0 spiro atoms. The lowest BCUT2D eigenvalue weighted by Gasteiger charge is -2.27. The number of nitrogens with one attached hydrogen (secondary N) is 1. The summed E-state index contributed by atoms with van der Waals surface area (Å²) in [7, 11) is 0. The predicted molar refractivity (Wildman–Crippen MR) is 77.6 cm³/mol. The predicted octanol–water partition coefficient (Wildman–Crippen LogP) is -0.299. The van der Waals surface area contributed by atoms with Crippen LogP contribution in [0.3, 0.4) is 0 Å². The van der Waals surface area contributed by atoms with Crippen molar-refractivity contribution < 1.29 is 4.79 Å². The number of nitriles is 1. The van der Waals surface area contributed by atoms with E-state index >= 15 is 0 Å². The van der Waals surface area contributed by atoms with Crippen molar-refractivity contribution >= 4 is 12.2 Å². The van der Waals surface area contributed by atoms with E-state index in [1.54, 1.807) is 11.0 Å². The second-order valence-corrected chi connectivity index (χ2v) is 4.97. The van der Waals surface area contributed by atoms with Gasteiger partial charge in [-0.05, 0) is 11.6 Å². The number of hydrogen-bond donors (Lipinski definition) is 2. The van der Waals surface area contributed by atoms with E-state index in [0.717, 1.165) is 17.6 Å².